The molecule has 1 rings (SSSR count). The largest absolute Gasteiger partial charge is 0.396 e. The number of benzene rings is 1. The molecule has 0 radical (unpaired) electrons. The molecule has 0 fully saturated rings. The molecule has 0 aliphatic heterocycles. The number of aryl methyl sites for hydroxylation is 2. The number of urea groups is 1. The smallest absolute Gasteiger partial charge is 0.315 e. The molecule has 0 aromatic heterocycles. The van der Waals surface area contributed by atoms with Gasteiger partial charge in [-0.3, -0.25) is 0 Å². The third-order valence-electron chi connectivity index (χ3n) is 3.36. The lowest BCUT2D eigenvalue weighted by Crippen LogP contribution is -2.44. The number of carbonyl (C=O) groups is 1. The second kappa shape index (κ2) is 9.68. The van der Waals surface area contributed by atoms with E-state index in [-0.39, 0.29) is 18.7 Å². The van der Waals surface area contributed by atoms with Gasteiger partial charge in [0.25, 0.3) is 0 Å². The molecule has 21 heavy (non-hydrogen) atoms. The van der Waals surface area contributed by atoms with Crippen molar-refractivity contribution >= 4 is 17.8 Å². The van der Waals surface area contributed by atoms with Crippen molar-refractivity contribution in [2.24, 2.45) is 0 Å². The Hall–Kier alpha value is -1.20. The van der Waals surface area contributed by atoms with Crippen LogP contribution in [0.1, 0.15) is 23.1 Å². The third kappa shape index (κ3) is 6.87. The molecule has 4 nitrogen and oxygen atoms in total. The van der Waals surface area contributed by atoms with Crippen molar-refractivity contribution < 1.29 is 9.90 Å². The Kier molecular flexibility index (Phi) is 8.23. The molecule has 0 spiro atoms. The zero-order chi connectivity index (χ0) is 15.7. The molecule has 2 amide bonds. The summed E-state index contributed by atoms with van der Waals surface area (Å²) in [5.74, 6) is 0.811. The van der Waals surface area contributed by atoms with E-state index in [0.29, 0.717) is 13.0 Å². The van der Waals surface area contributed by atoms with Crippen LogP contribution in [0.15, 0.2) is 18.2 Å². The highest BCUT2D eigenvalue weighted by atomic mass is 32.2. The summed E-state index contributed by atoms with van der Waals surface area (Å²) in [6.45, 7) is 4.88. The molecule has 1 aromatic carbocycles. The standard InChI is InChI=1S/C16H26N2O2S/c1-12-4-5-14(13(2)10-12)6-8-17-16(20)18-15(7-9-19)11-21-3/h4-5,10,15,19H,6-9,11H2,1-3H3,(H2,17,18,20). The molecule has 0 aliphatic carbocycles. The summed E-state index contributed by atoms with van der Waals surface area (Å²) in [6.07, 6.45) is 3.40. The Morgan fingerprint density at radius 1 is 1.38 bits per heavy atom. The van der Waals surface area contributed by atoms with Crippen LogP contribution in [0.4, 0.5) is 4.79 Å². The fraction of sp³-hybridized carbons (Fsp3) is 0.562. The van der Waals surface area contributed by atoms with Crippen LogP contribution in [0.2, 0.25) is 0 Å². The van der Waals surface area contributed by atoms with Crippen molar-refractivity contribution in [3.05, 3.63) is 34.9 Å². The average molecular weight is 310 g/mol. The summed E-state index contributed by atoms with van der Waals surface area (Å²) in [4.78, 5) is 11.8. The number of aliphatic hydroxyl groups is 1. The van der Waals surface area contributed by atoms with Gasteiger partial charge in [0.1, 0.15) is 0 Å². The first-order valence-electron chi connectivity index (χ1n) is 7.27. The van der Waals surface area contributed by atoms with Gasteiger partial charge in [0.2, 0.25) is 0 Å². The minimum Gasteiger partial charge on any atom is -0.396 e. The lowest BCUT2D eigenvalue weighted by Gasteiger charge is -2.17. The van der Waals surface area contributed by atoms with Crippen molar-refractivity contribution in [2.45, 2.75) is 32.7 Å². The van der Waals surface area contributed by atoms with Gasteiger partial charge in [-0.05, 0) is 44.1 Å². The zero-order valence-electron chi connectivity index (χ0n) is 13.1. The van der Waals surface area contributed by atoms with Crippen LogP contribution in [-0.4, -0.2) is 42.3 Å². The van der Waals surface area contributed by atoms with Gasteiger partial charge in [-0.2, -0.15) is 11.8 Å². The minimum atomic E-state index is -0.160. The average Bonchev–Trinajstić information content (AvgIpc) is 2.42. The molecule has 0 saturated carbocycles. The van der Waals surface area contributed by atoms with E-state index in [2.05, 4.69) is 42.7 Å². The van der Waals surface area contributed by atoms with E-state index < -0.39 is 0 Å². The van der Waals surface area contributed by atoms with Gasteiger partial charge in [0.05, 0.1) is 0 Å². The molecule has 1 atom stereocenters. The third-order valence-corrected chi connectivity index (χ3v) is 4.09. The Balaban J connectivity index is 2.35. The molecule has 5 heteroatoms. The number of hydrogen-bond donors (Lipinski definition) is 3. The van der Waals surface area contributed by atoms with Crippen LogP contribution in [0, 0.1) is 13.8 Å². The SMILES string of the molecule is CSCC(CCO)NC(=O)NCCc1ccc(C)cc1C. The van der Waals surface area contributed by atoms with Gasteiger partial charge in [-0.1, -0.05) is 23.8 Å². The van der Waals surface area contributed by atoms with Crippen LogP contribution in [0.25, 0.3) is 0 Å². The highest BCUT2D eigenvalue weighted by Gasteiger charge is 2.10. The molecule has 118 valence electrons. The monoisotopic (exact) mass is 310 g/mol. The zero-order valence-corrected chi connectivity index (χ0v) is 13.9. The van der Waals surface area contributed by atoms with Crippen molar-refractivity contribution in [1.82, 2.24) is 10.6 Å². The maximum absolute atomic E-state index is 11.8. The molecule has 0 aliphatic rings. The van der Waals surface area contributed by atoms with E-state index in [4.69, 9.17) is 5.11 Å². The molecule has 1 unspecified atom stereocenters. The fourth-order valence-electron chi connectivity index (χ4n) is 2.23. The first-order chi connectivity index (χ1) is 10.1. The second-order valence-electron chi connectivity index (χ2n) is 5.24. The van der Waals surface area contributed by atoms with E-state index in [0.717, 1.165) is 12.2 Å². The summed E-state index contributed by atoms with van der Waals surface area (Å²) in [7, 11) is 0. The summed E-state index contributed by atoms with van der Waals surface area (Å²) < 4.78 is 0. The first kappa shape index (κ1) is 17.9. The fourth-order valence-corrected chi connectivity index (χ4v) is 2.88. The number of rotatable bonds is 8. The lowest BCUT2D eigenvalue weighted by atomic mass is 10.0. The van der Waals surface area contributed by atoms with Crippen molar-refractivity contribution in [3.63, 3.8) is 0 Å². The maximum atomic E-state index is 11.8. The highest BCUT2D eigenvalue weighted by molar-refractivity contribution is 7.98. The number of amides is 2. The normalized spacial score (nSPS) is 12.0. The van der Waals surface area contributed by atoms with Crippen molar-refractivity contribution in [3.8, 4) is 0 Å². The number of thioether (sulfide) groups is 1. The highest BCUT2D eigenvalue weighted by Crippen LogP contribution is 2.10. The number of carbonyl (C=O) groups excluding carboxylic acids is 1. The first-order valence-corrected chi connectivity index (χ1v) is 8.66. The van der Waals surface area contributed by atoms with E-state index in [1.165, 1.54) is 16.7 Å². The van der Waals surface area contributed by atoms with Crippen LogP contribution in [-0.2, 0) is 6.42 Å². The molecular formula is C16H26N2O2S. The van der Waals surface area contributed by atoms with Gasteiger partial charge >= 0.3 is 6.03 Å². The molecule has 3 N–H and O–H groups in total. The van der Waals surface area contributed by atoms with Crippen LogP contribution in [0.5, 0.6) is 0 Å². The summed E-state index contributed by atoms with van der Waals surface area (Å²) in [5.41, 5.74) is 3.78. The van der Waals surface area contributed by atoms with E-state index in [9.17, 15) is 4.79 Å². The minimum absolute atomic E-state index is 0.0195. The Labute approximate surface area is 131 Å². The molecular weight excluding hydrogens is 284 g/mol. The van der Waals surface area contributed by atoms with Gasteiger partial charge in [-0.15, -0.1) is 0 Å². The Bertz CT molecular complexity index is 446. The summed E-state index contributed by atoms with van der Waals surface area (Å²) >= 11 is 1.66. The lowest BCUT2D eigenvalue weighted by molar-refractivity contribution is 0.231. The van der Waals surface area contributed by atoms with Crippen molar-refractivity contribution in [2.75, 3.05) is 25.2 Å². The molecule has 0 bridgehead atoms. The Morgan fingerprint density at radius 2 is 2.14 bits per heavy atom. The van der Waals surface area contributed by atoms with E-state index >= 15 is 0 Å². The number of aliphatic hydroxyl groups excluding tert-OH is 1. The summed E-state index contributed by atoms with van der Waals surface area (Å²) in [5, 5.41) is 14.8. The number of nitrogens with one attached hydrogen (secondary N) is 2. The topological polar surface area (TPSA) is 61.4 Å². The Morgan fingerprint density at radius 3 is 2.76 bits per heavy atom. The molecule has 0 saturated heterocycles. The maximum Gasteiger partial charge on any atom is 0.315 e. The predicted molar refractivity (Wildman–Crippen MR) is 90.0 cm³/mol. The van der Waals surface area contributed by atoms with Crippen molar-refractivity contribution in [1.29, 1.82) is 0 Å². The quantitative estimate of drug-likeness (QED) is 0.690. The van der Waals surface area contributed by atoms with Gasteiger partial charge in [0.15, 0.2) is 0 Å². The number of hydrogen-bond acceptors (Lipinski definition) is 3. The predicted octanol–water partition coefficient (Wildman–Crippen LogP) is 2.26. The van der Waals surface area contributed by atoms with Crippen LogP contribution >= 0.6 is 11.8 Å². The van der Waals surface area contributed by atoms with E-state index in [1.54, 1.807) is 11.8 Å². The molecule has 0 heterocycles. The molecule has 1 aromatic rings. The van der Waals surface area contributed by atoms with Crippen LogP contribution < -0.4 is 10.6 Å². The van der Waals surface area contributed by atoms with E-state index in [1.807, 2.05) is 6.26 Å². The summed E-state index contributed by atoms with van der Waals surface area (Å²) in [6, 6.07) is 6.23. The van der Waals surface area contributed by atoms with Gasteiger partial charge in [0, 0.05) is 24.9 Å². The van der Waals surface area contributed by atoms with Gasteiger partial charge in [-0.25, -0.2) is 4.79 Å². The van der Waals surface area contributed by atoms with Crippen LogP contribution in [0.3, 0.4) is 0 Å². The second-order valence-corrected chi connectivity index (χ2v) is 6.16. The van der Waals surface area contributed by atoms with Gasteiger partial charge < -0.3 is 15.7 Å².